The molecule has 5 atom stereocenters. The van der Waals surface area contributed by atoms with E-state index in [0.717, 1.165) is 0 Å². The third-order valence-corrected chi connectivity index (χ3v) is 4.75. The molecule has 1 aliphatic heterocycles. The van der Waals surface area contributed by atoms with Gasteiger partial charge in [-0.15, -0.1) is 0 Å². The van der Waals surface area contributed by atoms with Gasteiger partial charge in [-0.1, -0.05) is 0 Å². The first-order valence-electron chi connectivity index (χ1n) is 9.88. The van der Waals surface area contributed by atoms with Gasteiger partial charge in [0.25, 0.3) is 0 Å². The highest BCUT2D eigenvalue weighted by Crippen LogP contribution is 2.14. The molecule has 0 aromatic carbocycles. The van der Waals surface area contributed by atoms with E-state index in [1.165, 1.54) is 4.90 Å². The zero-order chi connectivity index (χ0) is 21.8. The summed E-state index contributed by atoms with van der Waals surface area (Å²) in [6.45, 7) is 0.421. The molecule has 1 aliphatic rings. The molecule has 1 heterocycles. The second-order valence-electron chi connectivity index (χ2n) is 7.14. The lowest BCUT2D eigenvalue weighted by Gasteiger charge is -2.33. The van der Waals surface area contributed by atoms with E-state index in [-0.39, 0.29) is 32.5 Å². The normalized spacial score (nSPS) is 27.6. The Labute approximate surface area is 170 Å². The molecule has 29 heavy (non-hydrogen) atoms. The van der Waals surface area contributed by atoms with Crippen molar-refractivity contribution in [2.45, 2.75) is 62.6 Å². The van der Waals surface area contributed by atoms with Crippen LogP contribution in [0.2, 0.25) is 0 Å². The largest absolute Gasteiger partial charge is 0.480 e. The van der Waals surface area contributed by atoms with Crippen LogP contribution in [0.25, 0.3) is 0 Å². The van der Waals surface area contributed by atoms with Crippen molar-refractivity contribution in [2.24, 2.45) is 5.73 Å². The minimum atomic E-state index is -1.53. The SMILES string of the molecule is N[C@@H](CCC(=O)N1CCCOCCCCO[C@H]([C@H](O)CO)[C@H](O)[C@H](O)C1)C(=O)O. The van der Waals surface area contributed by atoms with Crippen LogP contribution in [-0.2, 0) is 19.1 Å². The molecule has 1 rings (SSSR count). The summed E-state index contributed by atoms with van der Waals surface area (Å²) < 4.78 is 10.9. The first-order valence-corrected chi connectivity index (χ1v) is 9.88. The Morgan fingerprint density at radius 2 is 1.79 bits per heavy atom. The van der Waals surface area contributed by atoms with Crippen molar-refractivity contribution in [2.75, 3.05) is 39.5 Å². The van der Waals surface area contributed by atoms with Gasteiger partial charge in [-0.2, -0.15) is 0 Å². The van der Waals surface area contributed by atoms with Gasteiger partial charge in [-0.05, 0) is 25.7 Å². The predicted molar refractivity (Wildman–Crippen MR) is 101 cm³/mol. The lowest BCUT2D eigenvalue weighted by molar-refractivity contribution is -0.152. The number of carbonyl (C=O) groups is 2. The fourth-order valence-corrected chi connectivity index (χ4v) is 2.96. The van der Waals surface area contributed by atoms with Crippen LogP contribution >= 0.6 is 0 Å². The molecule has 0 radical (unpaired) electrons. The molecule has 0 aliphatic carbocycles. The number of aliphatic carboxylic acids is 1. The molecule has 7 N–H and O–H groups in total. The number of carboxylic acid groups (broad SMARTS) is 1. The van der Waals surface area contributed by atoms with Gasteiger partial charge in [-0.25, -0.2) is 0 Å². The molecule has 0 saturated carbocycles. The van der Waals surface area contributed by atoms with Crippen molar-refractivity contribution < 1.29 is 44.6 Å². The second-order valence-corrected chi connectivity index (χ2v) is 7.14. The summed E-state index contributed by atoms with van der Waals surface area (Å²) in [5, 5.41) is 48.8. The molecule has 11 heteroatoms. The number of rotatable bonds is 6. The van der Waals surface area contributed by atoms with Gasteiger partial charge >= 0.3 is 5.97 Å². The van der Waals surface area contributed by atoms with Crippen LogP contribution in [0.1, 0.15) is 32.1 Å². The van der Waals surface area contributed by atoms with E-state index in [2.05, 4.69) is 0 Å². The maximum absolute atomic E-state index is 12.5. The summed E-state index contributed by atoms with van der Waals surface area (Å²) >= 11 is 0. The van der Waals surface area contributed by atoms with Gasteiger partial charge in [0.05, 0.1) is 6.61 Å². The number of hydrogen-bond acceptors (Lipinski definition) is 9. The van der Waals surface area contributed by atoms with Gasteiger partial charge in [0.1, 0.15) is 30.5 Å². The Hall–Kier alpha value is -1.34. The van der Waals surface area contributed by atoms with E-state index < -0.39 is 48.9 Å². The lowest BCUT2D eigenvalue weighted by Crippen LogP contribution is -2.52. The highest BCUT2D eigenvalue weighted by Gasteiger charge is 2.34. The summed E-state index contributed by atoms with van der Waals surface area (Å²) in [7, 11) is 0. The Morgan fingerprint density at radius 3 is 2.45 bits per heavy atom. The molecular weight excluding hydrogens is 388 g/mol. The number of β-amino-alcohol motifs (C(OH)–C–C–N with tert-alkyl or cyclic N) is 1. The van der Waals surface area contributed by atoms with E-state index in [1.54, 1.807) is 0 Å². The second kappa shape index (κ2) is 13.8. The number of aliphatic hydroxyl groups is 4. The number of nitrogens with two attached hydrogens (primary N) is 1. The molecular formula is C18H34N2O9. The zero-order valence-electron chi connectivity index (χ0n) is 16.6. The monoisotopic (exact) mass is 422 g/mol. The molecule has 1 saturated heterocycles. The maximum Gasteiger partial charge on any atom is 0.320 e. The van der Waals surface area contributed by atoms with Gasteiger partial charge < -0.3 is 45.6 Å². The van der Waals surface area contributed by atoms with Crippen molar-refractivity contribution >= 4 is 11.9 Å². The molecule has 0 spiro atoms. The van der Waals surface area contributed by atoms with Gasteiger partial charge in [0.15, 0.2) is 0 Å². The van der Waals surface area contributed by atoms with Crippen molar-refractivity contribution in [3.63, 3.8) is 0 Å². The number of hydrogen-bond donors (Lipinski definition) is 6. The number of aliphatic hydroxyl groups excluding tert-OH is 4. The predicted octanol–water partition coefficient (Wildman–Crippen LogP) is -2.33. The topological polar surface area (TPSA) is 183 Å². The highest BCUT2D eigenvalue weighted by atomic mass is 16.5. The minimum absolute atomic E-state index is 0.0607. The zero-order valence-corrected chi connectivity index (χ0v) is 16.6. The highest BCUT2D eigenvalue weighted by molar-refractivity contribution is 5.78. The standard InChI is InChI=1S/C18H34N2O9/c19-12(18(26)27)4-5-15(24)20-6-3-8-28-7-1-2-9-29-17(14(23)11-21)16(25)13(22)10-20/h12-14,16-17,21-23,25H,1-11,19H2,(H,26,27)/t12-,13+,14+,16+,17+/m0/s1. The Balaban J connectivity index is 2.83. The van der Waals surface area contributed by atoms with Crippen molar-refractivity contribution in [1.29, 1.82) is 0 Å². The Bertz CT molecular complexity index is 494. The van der Waals surface area contributed by atoms with Crippen LogP contribution in [0.5, 0.6) is 0 Å². The molecule has 0 unspecified atom stereocenters. The van der Waals surface area contributed by atoms with Crippen LogP contribution < -0.4 is 5.73 Å². The molecule has 1 fully saturated rings. The number of carbonyl (C=O) groups excluding carboxylic acids is 1. The number of nitrogens with zero attached hydrogens (tertiary/aromatic N) is 1. The summed E-state index contributed by atoms with van der Waals surface area (Å²) in [5.41, 5.74) is 5.43. The molecule has 11 nitrogen and oxygen atoms in total. The maximum atomic E-state index is 12.5. The average molecular weight is 422 g/mol. The van der Waals surface area contributed by atoms with Crippen LogP contribution in [-0.4, -0.2) is 112 Å². The van der Waals surface area contributed by atoms with E-state index in [9.17, 15) is 30.0 Å². The van der Waals surface area contributed by atoms with E-state index in [0.29, 0.717) is 32.5 Å². The minimum Gasteiger partial charge on any atom is -0.480 e. The van der Waals surface area contributed by atoms with Gasteiger partial charge in [0.2, 0.25) is 5.91 Å². The fourth-order valence-electron chi connectivity index (χ4n) is 2.96. The Kier molecular flexibility index (Phi) is 12.2. The number of ether oxygens (including phenoxy) is 2. The quantitative estimate of drug-likeness (QED) is 0.271. The molecule has 0 aromatic heterocycles. The molecule has 0 bridgehead atoms. The van der Waals surface area contributed by atoms with Crippen molar-refractivity contribution in [3.8, 4) is 0 Å². The third kappa shape index (κ3) is 9.34. The summed E-state index contributed by atoms with van der Waals surface area (Å²) in [6.07, 6.45) is -3.99. The Morgan fingerprint density at radius 1 is 1.14 bits per heavy atom. The average Bonchev–Trinajstić information content (AvgIpc) is 2.70. The third-order valence-electron chi connectivity index (χ3n) is 4.75. The molecule has 170 valence electrons. The molecule has 1 amide bonds. The van der Waals surface area contributed by atoms with E-state index >= 15 is 0 Å². The van der Waals surface area contributed by atoms with Crippen LogP contribution in [0.3, 0.4) is 0 Å². The first-order chi connectivity index (χ1) is 13.8. The lowest BCUT2D eigenvalue weighted by atomic mass is 10.0. The first kappa shape index (κ1) is 25.7. The van der Waals surface area contributed by atoms with Crippen molar-refractivity contribution in [3.05, 3.63) is 0 Å². The summed E-state index contributed by atoms with van der Waals surface area (Å²) in [6, 6.07) is -1.17. The number of amides is 1. The van der Waals surface area contributed by atoms with Crippen molar-refractivity contribution in [1.82, 2.24) is 4.90 Å². The number of carboxylic acids is 1. The van der Waals surface area contributed by atoms with Crippen LogP contribution in [0.15, 0.2) is 0 Å². The van der Waals surface area contributed by atoms with Gasteiger partial charge in [0, 0.05) is 39.3 Å². The van der Waals surface area contributed by atoms with E-state index in [4.69, 9.17) is 20.3 Å². The van der Waals surface area contributed by atoms with Crippen LogP contribution in [0, 0.1) is 0 Å². The summed E-state index contributed by atoms with van der Waals surface area (Å²) in [5.74, 6) is -1.62. The smallest absolute Gasteiger partial charge is 0.320 e. The molecule has 0 aromatic rings. The van der Waals surface area contributed by atoms with Crippen LogP contribution in [0.4, 0.5) is 0 Å². The van der Waals surface area contributed by atoms with Gasteiger partial charge in [-0.3, -0.25) is 9.59 Å². The fraction of sp³-hybridized carbons (Fsp3) is 0.889. The van der Waals surface area contributed by atoms with E-state index in [1.807, 2.05) is 0 Å². The summed E-state index contributed by atoms with van der Waals surface area (Å²) in [4.78, 5) is 24.6.